The van der Waals surface area contributed by atoms with E-state index in [9.17, 15) is 26.7 Å². The molecule has 2 heterocycles. The van der Waals surface area contributed by atoms with E-state index in [4.69, 9.17) is 17.0 Å². The van der Waals surface area contributed by atoms with E-state index < -0.39 is 29.3 Å². The highest BCUT2D eigenvalue weighted by Crippen LogP contribution is 2.38. The fourth-order valence-corrected chi connectivity index (χ4v) is 3.22. The van der Waals surface area contributed by atoms with Crippen LogP contribution < -0.4 is 15.0 Å². The number of nitrogens with one attached hydrogen (secondary N) is 1. The average molecular weight is 459 g/mol. The molecule has 31 heavy (non-hydrogen) atoms. The summed E-state index contributed by atoms with van der Waals surface area (Å²) in [6.07, 6.45) is -3.50. The molecule has 0 radical (unpaired) electrons. The number of fused-ring (bicyclic) bond motifs is 1. The molecule has 0 atom stereocenters. The number of ether oxygens (including phenoxy) is 2. The van der Waals surface area contributed by atoms with Crippen LogP contribution in [-0.2, 0) is 12.7 Å². The van der Waals surface area contributed by atoms with Crippen molar-refractivity contribution < 1.29 is 31.4 Å². The van der Waals surface area contributed by atoms with E-state index >= 15 is 0 Å². The standard InChI is InChI=1S/C19H14F5N3O3S/c1-3-6-27-15-14(16(28)26-18(27)31)10(19(22,23)24)8-11(25-15)9-4-5-12(30-17(20)21)13(7-9)29-2/h3-5,7-8,17H,1,6H2,2H3,(H,26,28,31). The van der Waals surface area contributed by atoms with Crippen LogP contribution in [0.4, 0.5) is 22.0 Å². The number of hydrogen-bond acceptors (Lipinski definition) is 5. The fraction of sp³-hybridized carbons (Fsp3) is 0.211. The molecule has 12 heteroatoms. The molecule has 0 saturated heterocycles. The summed E-state index contributed by atoms with van der Waals surface area (Å²) in [6, 6.07) is 4.26. The monoisotopic (exact) mass is 459 g/mol. The van der Waals surface area contributed by atoms with Gasteiger partial charge < -0.3 is 9.47 Å². The molecule has 0 amide bonds. The SMILES string of the molecule is C=CCn1c(=S)[nH]c(=O)c2c(C(F)(F)F)cc(-c3ccc(OC(F)F)c(OC)c3)nc21. The summed E-state index contributed by atoms with van der Waals surface area (Å²) in [5, 5.41) is -0.684. The maximum atomic E-state index is 13.8. The van der Waals surface area contributed by atoms with Crippen LogP contribution in [0.5, 0.6) is 11.5 Å². The molecule has 0 unspecified atom stereocenters. The number of aromatic amines is 1. The minimum Gasteiger partial charge on any atom is -0.493 e. The molecule has 0 aliphatic heterocycles. The third-order valence-corrected chi connectivity index (χ3v) is 4.56. The van der Waals surface area contributed by atoms with Crippen molar-refractivity contribution in [1.29, 1.82) is 0 Å². The van der Waals surface area contributed by atoms with Gasteiger partial charge in [0.25, 0.3) is 5.56 Å². The maximum absolute atomic E-state index is 13.8. The summed E-state index contributed by atoms with van der Waals surface area (Å²) in [6.45, 7) is 0.404. The lowest BCUT2D eigenvalue weighted by Crippen LogP contribution is -2.20. The Morgan fingerprint density at radius 3 is 2.58 bits per heavy atom. The summed E-state index contributed by atoms with van der Waals surface area (Å²) < 4.78 is 76.9. The Kier molecular flexibility index (Phi) is 6.11. The van der Waals surface area contributed by atoms with Gasteiger partial charge in [-0.15, -0.1) is 6.58 Å². The third-order valence-electron chi connectivity index (χ3n) is 4.24. The third kappa shape index (κ3) is 4.43. The van der Waals surface area contributed by atoms with Gasteiger partial charge in [-0.2, -0.15) is 22.0 Å². The topological polar surface area (TPSA) is 69.1 Å². The molecule has 0 aliphatic rings. The number of pyridine rings is 1. The zero-order valence-electron chi connectivity index (χ0n) is 15.8. The molecule has 3 rings (SSSR count). The van der Waals surface area contributed by atoms with Crippen LogP contribution >= 0.6 is 12.2 Å². The highest BCUT2D eigenvalue weighted by molar-refractivity contribution is 7.71. The zero-order valence-corrected chi connectivity index (χ0v) is 16.6. The minimum atomic E-state index is -4.89. The number of halogens is 5. The lowest BCUT2D eigenvalue weighted by atomic mass is 10.1. The Morgan fingerprint density at radius 2 is 2.00 bits per heavy atom. The van der Waals surface area contributed by atoms with Gasteiger partial charge >= 0.3 is 12.8 Å². The first-order valence-electron chi connectivity index (χ1n) is 8.56. The van der Waals surface area contributed by atoms with E-state index in [0.717, 1.165) is 6.07 Å². The van der Waals surface area contributed by atoms with Crippen molar-refractivity contribution in [1.82, 2.24) is 14.5 Å². The Labute approximate surface area is 176 Å². The van der Waals surface area contributed by atoms with Crippen molar-refractivity contribution in [2.75, 3.05) is 7.11 Å². The zero-order chi connectivity index (χ0) is 22.9. The molecule has 2 aromatic heterocycles. The Morgan fingerprint density at radius 1 is 1.29 bits per heavy atom. The van der Waals surface area contributed by atoms with Crippen LogP contribution in [0.3, 0.4) is 0 Å². The van der Waals surface area contributed by atoms with Crippen molar-refractivity contribution in [2.45, 2.75) is 19.3 Å². The van der Waals surface area contributed by atoms with E-state index in [2.05, 4.69) is 21.3 Å². The largest absolute Gasteiger partial charge is 0.493 e. The van der Waals surface area contributed by atoms with Gasteiger partial charge in [0.2, 0.25) is 0 Å². The number of methoxy groups -OCH3 is 1. The molecule has 0 saturated carbocycles. The van der Waals surface area contributed by atoms with Crippen molar-refractivity contribution >= 4 is 23.3 Å². The van der Waals surface area contributed by atoms with E-state index in [1.54, 1.807) is 0 Å². The Balaban J connectivity index is 2.36. The van der Waals surface area contributed by atoms with Crippen LogP contribution in [0.1, 0.15) is 5.56 Å². The summed E-state index contributed by atoms with van der Waals surface area (Å²) in [5.41, 5.74) is -2.63. The number of allylic oxidation sites excluding steroid dienone is 1. The molecule has 0 spiro atoms. The fourth-order valence-electron chi connectivity index (χ4n) is 2.96. The van der Waals surface area contributed by atoms with Crippen molar-refractivity contribution in [3.05, 3.63) is 57.6 Å². The predicted molar refractivity (Wildman–Crippen MR) is 105 cm³/mol. The van der Waals surface area contributed by atoms with Crippen LogP contribution in [0, 0.1) is 4.77 Å². The van der Waals surface area contributed by atoms with Gasteiger partial charge in [-0.1, -0.05) is 6.08 Å². The van der Waals surface area contributed by atoms with Crippen molar-refractivity contribution in [3.63, 3.8) is 0 Å². The first-order valence-corrected chi connectivity index (χ1v) is 8.96. The van der Waals surface area contributed by atoms with Gasteiger partial charge in [-0.3, -0.25) is 14.3 Å². The number of rotatable bonds is 6. The summed E-state index contributed by atoms with van der Waals surface area (Å²) in [7, 11) is 1.19. The molecular formula is C19H14F5N3O3S. The number of aromatic nitrogens is 3. The van der Waals surface area contributed by atoms with E-state index in [1.807, 2.05) is 0 Å². The lowest BCUT2D eigenvalue weighted by Gasteiger charge is -2.16. The van der Waals surface area contributed by atoms with Gasteiger partial charge in [0.15, 0.2) is 16.3 Å². The molecule has 0 fully saturated rings. The number of benzene rings is 1. The van der Waals surface area contributed by atoms with Gasteiger partial charge in [0.05, 0.1) is 23.8 Å². The van der Waals surface area contributed by atoms with Crippen LogP contribution in [0.15, 0.2) is 41.7 Å². The normalized spacial score (nSPS) is 11.7. The quantitative estimate of drug-likeness (QED) is 0.322. The molecule has 164 valence electrons. The number of nitrogens with zero attached hydrogens (tertiary/aromatic N) is 2. The molecular weight excluding hydrogens is 445 g/mol. The average Bonchev–Trinajstić information content (AvgIpc) is 2.69. The van der Waals surface area contributed by atoms with Gasteiger partial charge in [-0.25, -0.2) is 4.98 Å². The minimum absolute atomic E-state index is 0.00957. The molecule has 1 aromatic carbocycles. The number of alkyl halides is 5. The second-order valence-electron chi connectivity index (χ2n) is 6.15. The summed E-state index contributed by atoms with van der Waals surface area (Å²) in [5.74, 6) is -0.439. The van der Waals surface area contributed by atoms with E-state index in [0.29, 0.717) is 6.07 Å². The van der Waals surface area contributed by atoms with E-state index in [-0.39, 0.29) is 39.7 Å². The van der Waals surface area contributed by atoms with Gasteiger partial charge in [0.1, 0.15) is 5.65 Å². The van der Waals surface area contributed by atoms with Gasteiger partial charge in [-0.05, 0) is 36.5 Å². The molecule has 1 N–H and O–H groups in total. The first kappa shape index (κ1) is 22.4. The van der Waals surface area contributed by atoms with Crippen LogP contribution in [0.2, 0.25) is 0 Å². The smallest absolute Gasteiger partial charge is 0.417 e. The first-order chi connectivity index (χ1) is 14.6. The number of hydrogen-bond donors (Lipinski definition) is 1. The van der Waals surface area contributed by atoms with Crippen LogP contribution in [0.25, 0.3) is 22.3 Å². The van der Waals surface area contributed by atoms with Gasteiger partial charge in [0, 0.05) is 12.1 Å². The summed E-state index contributed by atoms with van der Waals surface area (Å²) in [4.78, 5) is 18.7. The second-order valence-corrected chi connectivity index (χ2v) is 6.54. The van der Waals surface area contributed by atoms with E-state index in [1.165, 1.54) is 29.9 Å². The Hall–Kier alpha value is -3.28. The summed E-state index contributed by atoms with van der Waals surface area (Å²) >= 11 is 5.06. The van der Waals surface area contributed by atoms with Crippen LogP contribution in [-0.4, -0.2) is 28.3 Å². The van der Waals surface area contributed by atoms with Crippen molar-refractivity contribution in [3.8, 4) is 22.8 Å². The highest BCUT2D eigenvalue weighted by atomic mass is 32.1. The lowest BCUT2D eigenvalue weighted by molar-refractivity contribution is -0.136. The predicted octanol–water partition coefficient (Wildman–Crippen LogP) is 4.94. The Bertz CT molecular complexity index is 1270. The highest BCUT2D eigenvalue weighted by Gasteiger charge is 2.35. The molecule has 0 aliphatic carbocycles. The molecule has 3 aromatic rings. The molecule has 0 bridgehead atoms. The maximum Gasteiger partial charge on any atom is 0.417 e. The van der Waals surface area contributed by atoms with Crippen molar-refractivity contribution in [2.24, 2.45) is 0 Å². The molecule has 6 nitrogen and oxygen atoms in total. The number of H-pyrrole nitrogens is 1. The second kappa shape index (κ2) is 8.46.